The van der Waals surface area contributed by atoms with Crippen LogP contribution in [0.25, 0.3) is 0 Å². The highest BCUT2D eigenvalue weighted by molar-refractivity contribution is 5.35. The van der Waals surface area contributed by atoms with Gasteiger partial charge in [0.25, 0.3) is 0 Å². The zero-order valence-corrected chi connectivity index (χ0v) is 13.6. The van der Waals surface area contributed by atoms with E-state index in [0.717, 1.165) is 37.7 Å². The summed E-state index contributed by atoms with van der Waals surface area (Å²) in [7, 11) is 0. The molecule has 0 bridgehead atoms. The molecule has 0 aliphatic carbocycles. The molecule has 0 saturated carbocycles. The molecule has 114 valence electrons. The monoisotopic (exact) mass is 278 g/mol. The number of unbranched alkanes of at least 4 members (excludes halogenated alkanes) is 4. The average molecular weight is 278 g/mol. The zero-order chi connectivity index (χ0) is 14.8. The van der Waals surface area contributed by atoms with Gasteiger partial charge in [-0.1, -0.05) is 39.5 Å². The van der Waals surface area contributed by atoms with Gasteiger partial charge in [-0.25, -0.2) is 4.98 Å². The van der Waals surface area contributed by atoms with Crippen molar-refractivity contribution in [3.63, 3.8) is 0 Å². The zero-order valence-electron chi connectivity index (χ0n) is 13.6. The molecule has 0 aliphatic rings. The maximum Gasteiger partial charge on any atom is 0.218 e. The number of nitrogens with zero attached hydrogens (tertiary/aromatic N) is 1. The van der Waals surface area contributed by atoms with Crippen molar-refractivity contribution in [3.05, 3.63) is 22.9 Å². The van der Waals surface area contributed by atoms with Gasteiger partial charge in [0.15, 0.2) is 0 Å². The number of hydrogen-bond donors (Lipinski definition) is 1. The summed E-state index contributed by atoms with van der Waals surface area (Å²) in [5.74, 6) is 0.818. The minimum atomic E-state index is 0.777. The third-order valence-corrected chi connectivity index (χ3v) is 3.48. The summed E-state index contributed by atoms with van der Waals surface area (Å²) < 4.78 is 5.92. The molecule has 1 aromatic heterocycles. The first-order chi connectivity index (χ1) is 9.69. The Morgan fingerprint density at radius 3 is 2.55 bits per heavy atom. The van der Waals surface area contributed by atoms with Crippen molar-refractivity contribution in [2.45, 2.75) is 66.3 Å². The van der Waals surface area contributed by atoms with E-state index in [9.17, 15) is 0 Å². The second-order valence-electron chi connectivity index (χ2n) is 5.41. The predicted molar refractivity (Wildman–Crippen MR) is 85.3 cm³/mol. The Bertz CT molecular complexity index is 391. The molecule has 0 aromatic carbocycles. The van der Waals surface area contributed by atoms with Gasteiger partial charge in [0, 0.05) is 17.8 Å². The first-order valence-corrected chi connectivity index (χ1v) is 7.99. The second-order valence-corrected chi connectivity index (χ2v) is 5.41. The highest BCUT2D eigenvalue weighted by atomic mass is 16.5. The minimum Gasteiger partial charge on any atom is -0.477 e. The molecule has 0 aliphatic heterocycles. The Labute approximate surface area is 124 Å². The molecule has 1 N–H and O–H groups in total. The van der Waals surface area contributed by atoms with Crippen molar-refractivity contribution >= 4 is 0 Å². The summed E-state index contributed by atoms with van der Waals surface area (Å²) in [5, 5.41) is 3.36. The van der Waals surface area contributed by atoms with E-state index < -0.39 is 0 Å². The van der Waals surface area contributed by atoms with Crippen LogP contribution in [0.15, 0.2) is 6.07 Å². The van der Waals surface area contributed by atoms with Crippen molar-refractivity contribution in [2.24, 2.45) is 0 Å². The highest BCUT2D eigenvalue weighted by Gasteiger charge is 2.09. The first kappa shape index (κ1) is 17.0. The molecule has 0 unspecified atom stereocenters. The molecule has 1 aromatic rings. The van der Waals surface area contributed by atoms with Crippen LogP contribution in [0.5, 0.6) is 5.88 Å². The van der Waals surface area contributed by atoms with Gasteiger partial charge in [-0.3, -0.25) is 0 Å². The fraction of sp³-hybridized carbons (Fsp3) is 0.706. The van der Waals surface area contributed by atoms with Crippen LogP contribution < -0.4 is 10.1 Å². The molecular formula is C17H30N2O. The fourth-order valence-corrected chi connectivity index (χ4v) is 2.29. The van der Waals surface area contributed by atoms with Gasteiger partial charge in [-0.15, -0.1) is 0 Å². The molecule has 3 nitrogen and oxygen atoms in total. The third-order valence-electron chi connectivity index (χ3n) is 3.48. The fourth-order valence-electron chi connectivity index (χ4n) is 2.29. The number of rotatable bonds is 10. The summed E-state index contributed by atoms with van der Waals surface area (Å²) >= 11 is 0. The summed E-state index contributed by atoms with van der Waals surface area (Å²) in [4.78, 5) is 4.56. The van der Waals surface area contributed by atoms with Crippen LogP contribution in [0.2, 0.25) is 0 Å². The number of ether oxygens (including phenoxy) is 1. The SMILES string of the molecule is CCCCCCCOc1nc(C)cc(C)c1CNCC. The van der Waals surface area contributed by atoms with Crippen LogP contribution in [0, 0.1) is 13.8 Å². The largest absolute Gasteiger partial charge is 0.477 e. The summed E-state index contributed by atoms with van der Waals surface area (Å²) in [6.07, 6.45) is 6.29. The van der Waals surface area contributed by atoms with Crippen LogP contribution in [-0.2, 0) is 6.54 Å². The molecule has 20 heavy (non-hydrogen) atoms. The van der Waals surface area contributed by atoms with Gasteiger partial charge in [-0.05, 0) is 38.4 Å². The number of pyridine rings is 1. The first-order valence-electron chi connectivity index (χ1n) is 7.99. The lowest BCUT2D eigenvalue weighted by Gasteiger charge is -2.14. The van der Waals surface area contributed by atoms with Crippen molar-refractivity contribution in [2.75, 3.05) is 13.2 Å². The van der Waals surface area contributed by atoms with E-state index in [1.165, 1.54) is 36.8 Å². The molecule has 1 heterocycles. The maximum absolute atomic E-state index is 5.92. The number of aromatic nitrogens is 1. The van der Waals surface area contributed by atoms with E-state index in [-0.39, 0.29) is 0 Å². The van der Waals surface area contributed by atoms with Crippen molar-refractivity contribution < 1.29 is 4.74 Å². The van der Waals surface area contributed by atoms with Crippen LogP contribution >= 0.6 is 0 Å². The summed E-state index contributed by atoms with van der Waals surface area (Å²) in [6, 6.07) is 2.13. The van der Waals surface area contributed by atoms with Gasteiger partial charge in [0.2, 0.25) is 5.88 Å². The molecule has 0 atom stereocenters. The average Bonchev–Trinajstić information content (AvgIpc) is 2.41. The van der Waals surface area contributed by atoms with Crippen LogP contribution in [-0.4, -0.2) is 18.1 Å². The Hall–Kier alpha value is -1.09. The molecule has 0 fully saturated rings. The van der Waals surface area contributed by atoms with E-state index in [0.29, 0.717) is 0 Å². The molecular weight excluding hydrogens is 248 g/mol. The molecule has 0 amide bonds. The Morgan fingerprint density at radius 1 is 1.10 bits per heavy atom. The predicted octanol–water partition coefficient (Wildman–Crippen LogP) is 4.16. The van der Waals surface area contributed by atoms with Crippen molar-refractivity contribution in [1.82, 2.24) is 10.3 Å². The van der Waals surface area contributed by atoms with E-state index in [4.69, 9.17) is 4.74 Å². The van der Waals surface area contributed by atoms with Gasteiger partial charge in [0.05, 0.1) is 6.61 Å². The normalized spacial score (nSPS) is 10.8. The molecule has 0 saturated heterocycles. The summed E-state index contributed by atoms with van der Waals surface area (Å²) in [5.41, 5.74) is 3.49. The highest BCUT2D eigenvalue weighted by Crippen LogP contribution is 2.21. The van der Waals surface area contributed by atoms with Crippen LogP contribution in [0.1, 0.15) is 62.8 Å². The second kappa shape index (κ2) is 9.76. The maximum atomic E-state index is 5.92. The van der Waals surface area contributed by atoms with E-state index in [1.807, 2.05) is 6.92 Å². The van der Waals surface area contributed by atoms with E-state index in [2.05, 4.69) is 37.1 Å². The lowest BCUT2D eigenvalue weighted by atomic mass is 10.1. The standard InChI is InChI=1S/C17H30N2O/c1-5-7-8-9-10-11-20-17-16(13-18-6-2)14(3)12-15(4)19-17/h12,18H,5-11,13H2,1-4H3. The van der Waals surface area contributed by atoms with E-state index in [1.54, 1.807) is 0 Å². The molecule has 3 heteroatoms. The smallest absolute Gasteiger partial charge is 0.218 e. The number of aryl methyl sites for hydroxylation is 2. The van der Waals surface area contributed by atoms with E-state index >= 15 is 0 Å². The van der Waals surface area contributed by atoms with Gasteiger partial charge in [-0.2, -0.15) is 0 Å². The number of hydrogen-bond acceptors (Lipinski definition) is 3. The number of nitrogens with one attached hydrogen (secondary N) is 1. The van der Waals surface area contributed by atoms with Gasteiger partial charge in [0.1, 0.15) is 0 Å². The van der Waals surface area contributed by atoms with Crippen molar-refractivity contribution in [1.29, 1.82) is 0 Å². The Morgan fingerprint density at radius 2 is 1.85 bits per heavy atom. The quantitative estimate of drug-likeness (QED) is 0.653. The molecule has 1 rings (SSSR count). The Balaban J connectivity index is 2.53. The van der Waals surface area contributed by atoms with Crippen LogP contribution in [0.4, 0.5) is 0 Å². The molecule has 0 radical (unpaired) electrons. The topological polar surface area (TPSA) is 34.1 Å². The minimum absolute atomic E-state index is 0.777. The van der Waals surface area contributed by atoms with Crippen molar-refractivity contribution in [3.8, 4) is 5.88 Å². The van der Waals surface area contributed by atoms with Gasteiger partial charge < -0.3 is 10.1 Å². The molecule has 0 spiro atoms. The third kappa shape index (κ3) is 5.91. The summed E-state index contributed by atoms with van der Waals surface area (Å²) in [6.45, 7) is 11.1. The Kier molecular flexibility index (Phi) is 8.28. The lowest BCUT2D eigenvalue weighted by Crippen LogP contribution is -2.15. The van der Waals surface area contributed by atoms with Crippen LogP contribution in [0.3, 0.4) is 0 Å². The van der Waals surface area contributed by atoms with Gasteiger partial charge >= 0.3 is 0 Å². The lowest BCUT2D eigenvalue weighted by molar-refractivity contribution is 0.288.